The van der Waals surface area contributed by atoms with Gasteiger partial charge in [-0.2, -0.15) is 0 Å². The highest BCUT2D eigenvalue weighted by molar-refractivity contribution is 7.25. The molecule has 0 fully saturated rings. The van der Waals surface area contributed by atoms with E-state index in [-0.39, 0.29) is 5.56 Å². The largest absolute Gasteiger partial charge is 0.377 e. The third-order valence-corrected chi connectivity index (χ3v) is 4.55. The van der Waals surface area contributed by atoms with Gasteiger partial charge in [-0.25, -0.2) is 14.5 Å². The number of rotatable bonds is 4. The smallest absolute Gasteiger partial charge is 0.278 e. The molecule has 24 heavy (non-hydrogen) atoms. The fourth-order valence-corrected chi connectivity index (χ4v) is 3.46. The summed E-state index contributed by atoms with van der Waals surface area (Å²) in [5.41, 5.74) is 1.43. The number of thiophene rings is 1. The Morgan fingerprint density at radius 3 is 2.83 bits per heavy atom. The highest BCUT2D eigenvalue weighted by Gasteiger charge is 2.17. The van der Waals surface area contributed by atoms with Gasteiger partial charge in [0, 0.05) is 26.5 Å². The monoisotopic (exact) mass is 343 g/mol. The van der Waals surface area contributed by atoms with E-state index >= 15 is 0 Å². The van der Waals surface area contributed by atoms with Crippen molar-refractivity contribution in [1.82, 2.24) is 14.5 Å². The third-order valence-electron chi connectivity index (χ3n) is 3.48. The lowest BCUT2D eigenvalue weighted by Crippen LogP contribution is -2.19. The van der Waals surface area contributed by atoms with Gasteiger partial charge in [-0.3, -0.25) is 4.79 Å². The molecule has 0 atom stereocenters. The lowest BCUT2D eigenvalue weighted by Gasteiger charge is -2.13. The van der Waals surface area contributed by atoms with Gasteiger partial charge in [0.1, 0.15) is 21.4 Å². The normalized spacial score (nSPS) is 12.4. The number of aromatic nitrogens is 3. The van der Waals surface area contributed by atoms with Gasteiger partial charge in [-0.05, 0) is 26.0 Å². The average Bonchev–Trinajstić information content (AvgIpc) is 2.96. The number of pyridine rings is 1. The number of anilines is 1. The lowest BCUT2D eigenvalue weighted by molar-refractivity contribution is 0.276. The maximum Gasteiger partial charge on any atom is 0.278 e. The number of hydrogen-bond donors (Lipinski definition) is 0. The van der Waals surface area contributed by atoms with Gasteiger partial charge in [-0.15, -0.1) is 11.3 Å². The zero-order chi connectivity index (χ0) is 17.3. The van der Waals surface area contributed by atoms with Crippen LogP contribution in [0.4, 0.5) is 5.69 Å². The molecule has 3 heterocycles. The summed E-state index contributed by atoms with van der Waals surface area (Å²) in [5.74, 6) is 0.311. The van der Waals surface area contributed by atoms with Crippen LogP contribution in [0.15, 0.2) is 34.6 Å². The first kappa shape index (κ1) is 16.1. The van der Waals surface area contributed by atoms with Crippen LogP contribution in [0.2, 0.25) is 0 Å². The van der Waals surface area contributed by atoms with Crippen LogP contribution in [0, 0.1) is 0 Å². The molecule has 0 aromatic carbocycles. The lowest BCUT2D eigenvalue weighted by atomic mass is 10.2. The minimum Gasteiger partial charge on any atom is -0.377 e. The summed E-state index contributed by atoms with van der Waals surface area (Å²) in [5, 5.41) is 4.61. The Balaban J connectivity index is 2.29. The number of nitrogens with zero attached hydrogens (tertiary/aromatic N) is 5. The van der Waals surface area contributed by atoms with E-state index in [1.165, 1.54) is 28.4 Å². The summed E-state index contributed by atoms with van der Waals surface area (Å²) < 4.78 is 1.89. The van der Waals surface area contributed by atoms with Crippen LogP contribution >= 0.6 is 11.3 Å². The van der Waals surface area contributed by atoms with Gasteiger partial charge in [0.25, 0.3) is 5.56 Å². The molecule has 124 valence electrons. The first-order chi connectivity index (χ1) is 11.6. The van der Waals surface area contributed by atoms with Crippen molar-refractivity contribution in [3.63, 3.8) is 0 Å². The molecule has 0 aliphatic heterocycles. The summed E-state index contributed by atoms with van der Waals surface area (Å²) in [6.07, 6.45) is 6.37. The SMILES string of the molecule is C/C=C(\O/N=C/C)n1cnc2c(sc3nccc(N(C)C)c32)c1=O. The van der Waals surface area contributed by atoms with Crippen LogP contribution in [0.5, 0.6) is 0 Å². The minimum absolute atomic E-state index is 0.202. The number of fused-ring (bicyclic) bond motifs is 3. The molecular weight excluding hydrogens is 326 g/mol. The van der Waals surface area contributed by atoms with Crippen molar-refractivity contribution in [2.24, 2.45) is 5.16 Å². The van der Waals surface area contributed by atoms with E-state index in [0.29, 0.717) is 16.1 Å². The van der Waals surface area contributed by atoms with E-state index in [4.69, 9.17) is 4.84 Å². The topological polar surface area (TPSA) is 72.6 Å². The quantitative estimate of drug-likeness (QED) is 0.414. The zero-order valence-corrected chi connectivity index (χ0v) is 14.7. The summed E-state index contributed by atoms with van der Waals surface area (Å²) in [4.78, 5) is 29.7. The summed E-state index contributed by atoms with van der Waals surface area (Å²) in [7, 11) is 3.90. The Morgan fingerprint density at radius 1 is 1.38 bits per heavy atom. The molecule has 0 amide bonds. The first-order valence-electron chi connectivity index (χ1n) is 7.36. The van der Waals surface area contributed by atoms with E-state index in [1.807, 2.05) is 25.1 Å². The molecule has 3 aromatic heterocycles. The Kier molecular flexibility index (Phi) is 4.30. The molecule has 0 spiro atoms. The third kappa shape index (κ3) is 2.54. The van der Waals surface area contributed by atoms with E-state index in [1.54, 1.807) is 26.1 Å². The van der Waals surface area contributed by atoms with Crippen molar-refractivity contribution in [3.8, 4) is 0 Å². The molecule has 0 saturated heterocycles. The van der Waals surface area contributed by atoms with Crippen molar-refractivity contribution in [2.45, 2.75) is 13.8 Å². The fraction of sp³-hybridized carbons (Fsp3) is 0.250. The van der Waals surface area contributed by atoms with E-state index in [0.717, 1.165) is 15.9 Å². The molecule has 0 radical (unpaired) electrons. The predicted molar refractivity (Wildman–Crippen MR) is 98.7 cm³/mol. The van der Waals surface area contributed by atoms with Gasteiger partial charge >= 0.3 is 0 Å². The number of allylic oxidation sites excluding steroid dienone is 1. The molecule has 0 unspecified atom stereocenters. The number of oxime groups is 1. The van der Waals surface area contributed by atoms with Crippen LogP contribution < -0.4 is 10.5 Å². The van der Waals surface area contributed by atoms with Crippen LogP contribution in [0.25, 0.3) is 26.3 Å². The summed E-state index contributed by atoms with van der Waals surface area (Å²) in [6, 6.07) is 1.91. The van der Waals surface area contributed by atoms with Gasteiger partial charge < -0.3 is 9.74 Å². The second-order valence-corrected chi connectivity index (χ2v) is 6.19. The van der Waals surface area contributed by atoms with Crippen molar-refractivity contribution < 1.29 is 4.84 Å². The van der Waals surface area contributed by atoms with Crippen LogP contribution in [0.3, 0.4) is 0 Å². The maximum absolute atomic E-state index is 12.9. The van der Waals surface area contributed by atoms with Gasteiger partial charge in [0.05, 0.1) is 11.1 Å². The fourth-order valence-electron chi connectivity index (χ4n) is 2.41. The molecule has 0 aliphatic rings. The molecular formula is C16H17N5O2S. The van der Waals surface area contributed by atoms with Crippen LogP contribution in [0.1, 0.15) is 13.8 Å². The van der Waals surface area contributed by atoms with Gasteiger partial charge in [-0.1, -0.05) is 5.16 Å². The Morgan fingerprint density at radius 2 is 2.17 bits per heavy atom. The molecule has 7 nitrogen and oxygen atoms in total. The first-order valence-corrected chi connectivity index (χ1v) is 8.18. The van der Waals surface area contributed by atoms with Crippen molar-refractivity contribution in [1.29, 1.82) is 0 Å². The zero-order valence-electron chi connectivity index (χ0n) is 13.8. The van der Waals surface area contributed by atoms with Gasteiger partial charge in [0.2, 0.25) is 5.88 Å². The Labute approximate surface area is 142 Å². The van der Waals surface area contributed by atoms with Crippen molar-refractivity contribution >= 4 is 49.6 Å². The molecule has 0 bridgehead atoms. The van der Waals surface area contributed by atoms with Crippen molar-refractivity contribution in [3.05, 3.63) is 35.0 Å². The Hall–Kier alpha value is -2.74. The summed E-state index contributed by atoms with van der Waals surface area (Å²) >= 11 is 1.33. The number of hydrogen-bond acceptors (Lipinski definition) is 7. The highest BCUT2D eigenvalue weighted by atomic mass is 32.1. The van der Waals surface area contributed by atoms with Gasteiger partial charge in [0.15, 0.2) is 0 Å². The van der Waals surface area contributed by atoms with E-state index in [2.05, 4.69) is 15.1 Å². The predicted octanol–water partition coefficient (Wildman–Crippen LogP) is 2.91. The molecule has 8 heteroatoms. The van der Waals surface area contributed by atoms with E-state index < -0.39 is 0 Å². The second-order valence-electron chi connectivity index (χ2n) is 5.19. The second kappa shape index (κ2) is 6.40. The summed E-state index contributed by atoms with van der Waals surface area (Å²) in [6.45, 7) is 3.51. The molecule has 0 aliphatic carbocycles. The van der Waals surface area contributed by atoms with Crippen LogP contribution in [-0.4, -0.2) is 34.8 Å². The van der Waals surface area contributed by atoms with Crippen LogP contribution in [-0.2, 0) is 4.84 Å². The Bertz CT molecular complexity index is 1020. The maximum atomic E-state index is 12.9. The molecule has 3 rings (SSSR count). The minimum atomic E-state index is -0.202. The standard InChI is InChI=1S/C16H17N5O2S/c1-5-11(23-19-6-2)21-9-18-13-12-10(20(3)4)7-8-17-15(12)24-14(13)16(21)22/h5-9H,1-4H3/b11-5-,19-6+. The highest BCUT2D eigenvalue weighted by Crippen LogP contribution is 2.35. The van der Waals surface area contributed by atoms with Crippen molar-refractivity contribution in [2.75, 3.05) is 19.0 Å². The molecule has 0 saturated carbocycles. The molecule has 3 aromatic rings. The van der Waals surface area contributed by atoms with E-state index in [9.17, 15) is 4.79 Å². The molecule has 0 N–H and O–H groups in total. The average molecular weight is 343 g/mol.